The summed E-state index contributed by atoms with van der Waals surface area (Å²) in [5, 5.41) is 0. The topological polar surface area (TPSA) is 110 Å². The predicted octanol–water partition coefficient (Wildman–Crippen LogP) is 2.85. The molecule has 4 rings (SSSR count). The van der Waals surface area contributed by atoms with Crippen LogP contribution in [-0.2, 0) is 32.0 Å². The van der Waals surface area contributed by atoms with Gasteiger partial charge in [-0.3, -0.25) is 4.57 Å². The first-order valence-electron chi connectivity index (χ1n) is 11.9. The molecule has 2 aromatic carbocycles. The summed E-state index contributed by atoms with van der Waals surface area (Å²) < 4.78 is 62.2. The zero-order valence-electron chi connectivity index (χ0n) is 21.3. The van der Waals surface area contributed by atoms with E-state index >= 15 is 0 Å². The SMILES string of the molecule is Cc1cc(C(C)(C)C)cc(C)c1S(=O)(=O)N1CCN(S(=O)(=O)CCn2c(=O)oc3ccccc32)CC1. The molecule has 0 bridgehead atoms. The normalized spacial score (nSPS) is 16.6. The van der Waals surface area contributed by atoms with E-state index in [1.54, 1.807) is 38.1 Å². The second-order valence-corrected chi connectivity index (χ2v) is 14.3. The number of hydrogen-bond donors (Lipinski definition) is 0. The Morgan fingerprint density at radius 2 is 1.44 bits per heavy atom. The molecule has 1 aromatic heterocycles. The number of aryl methyl sites for hydroxylation is 3. The van der Waals surface area contributed by atoms with Crippen LogP contribution in [0, 0.1) is 13.8 Å². The van der Waals surface area contributed by atoms with Crippen LogP contribution in [0.4, 0.5) is 0 Å². The van der Waals surface area contributed by atoms with Crippen LogP contribution >= 0.6 is 0 Å². The number of para-hydroxylation sites is 2. The highest BCUT2D eigenvalue weighted by atomic mass is 32.2. The van der Waals surface area contributed by atoms with Crippen LogP contribution in [0.5, 0.6) is 0 Å². The van der Waals surface area contributed by atoms with Crippen molar-refractivity contribution in [2.45, 2.75) is 51.5 Å². The Balaban J connectivity index is 1.47. The number of sulfonamides is 2. The van der Waals surface area contributed by atoms with Gasteiger partial charge in [-0.1, -0.05) is 45.0 Å². The van der Waals surface area contributed by atoms with Gasteiger partial charge in [-0.15, -0.1) is 0 Å². The summed E-state index contributed by atoms with van der Waals surface area (Å²) >= 11 is 0. The predicted molar refractivity (Wildman–Crippen MR) is 139 cm³/mol. The lowest BCUT2D eigenvalue weighted by atomic mass is 9.85. The van der Waals surface area contributed by atoms with Crippen LogP contribution in [-0.4, -0.2) is 61.9 Å². The minimum Gasteiger partial charge on any atom is -0.408 e. The summed E-state index contributed by atoms with van der Waals surface area (Å²) in [6, 6.07) is 10.7. The van der Waals surface area contributed by atoms with Crippen LogP contribution in [0.2, 0.25) is 0 Å². The van der Waals surface area contributed by atoms with Gasteiger partial charge >= 0.3 is 5.76 Å². The van der Waals surface area contributed by atoms with Gasteiger partial charge in [0.2, 0.25) is 20.0 Å². The Kier molecular flexibility index (Phi) is 6.97. The second kappa shape index (κ2) is 9.44. The van der Waals surface area contributed by atoms with Crippen molar-refractivity contribution in [3.63, 3.8) is 0 Å². The first-order valence-corrected chi connectivity index (χ1v) is 14.9. The summed E-state index contributed by atoms with van der Waals surface area (Å²) in [6.45, 7) is 10.1. The fourth-order valence-electron chi connectivity index (χ4n) is 4.67. The molecular weight excluding hydrogens is 502 g/mol. The highest BCUT2D eigenvalue weighted by molar-refractivity contribution is 7.89. The van der Waals surface area contributed by atoms with Crippen LogP contribution in [0.1, 0.15) is 37.5 Å². The van der Waals surface area contributed by atoms with E-state index in [1.807, 2.05) is 12.1 Å². The lowest BCUT2D eigenvalue weighted by Crippen LogP contribution is -2.51. The lowest BCUT2D eigenvalue weighted by molar-refractivity contribution is 0.272. The zero-order valence-corrected chi connectivity index (χ0v) is 22.9. The number of fused-ring (bicyclic) bond motifs is 1. The molecule has 3 aromatic rings. The van der Waals surface area contributed by atoms with Crippen LogP contribution in [0.3, 0.4) is 0 Å². The lowest BCUT2D eigenvalue weighted by Gasteiger charge is -2.34. The molecule has 0 amide bonds. The van der Waals surface area contributed by atoms with Gasteiger partial charge in [0.25, 0.3) is 0 Å². The quantitative estimate of drug-likeness (QED) is 0.480. The van der Waals surface area contributed by atoms with Crippen molar-refractivity contribution in [2.24, 2.45) is 0 Å². The Morgan fingerprint density at radius 3 is 2.03 bits per heavy atom. The fourth-order valence-corrected chi connectivity index (χ4v) is 7.89. The Hall–Kier alpha value is -2.47. The van der Waals surface area contributed by atoms with Crippen molar-refractivity contribution >= 4 is 31.1 Å². The Labute approximate surface area is 212 Å². The molecule has 0 spiro atoms. The van der Waals surface area contributed by atoms with E-state index in [0.717, 1.165) is 5.56 Å². The fraction of sp³-hybridized carbons (Fsp3) is 0.480. The number of benzene rings is 2. The maximum atomic E-state index is 13.5. The van der Waals surface area contributed by atoms with E-state index in [-0.39, 0.29) is 48.8 Å². The van der Waals surface area contributed by atoms with Crippen LogP contribution < -0.4 is 5.76 Å². The molecule has 1 aliphatic heterocycles. The molecule has 0 aliphatic carbocycles. The minimum absolute atomic E-state index is 0.0464. The molecule has 1 fully saturated rings. The monoisotopic (exact) mass is 535 g/mol. The number of aromatic nitrogens is 1. The Morgan fingerprint density at radius 1 is 0.889 bits per heavy atom. The van der Waals surface area contributed by atoms with E-state index in [2.05, 4.69) is 20.8 Å². The van der Waals surface area contributed by atoms with E-state index in [1.165, 1.54) is 13.2 Å². The van der Waals surface area contributed by atoms with Gasteiger partial charge in [0.15, 0.2) is 5.58 Å². The van der Waals surface area contributed by atoms with Gasteiger partial charge in [-0.25, -0.2) is 21.6 Å². The summed E-state index contributed by atoms with van der Waals surface area (Å²) in [5.74, 6) is -0.888. The van der Waals surface area contributed by atoms with Gasteiger partial charge in [-0.2, -0.15) is 8.61 Å². The van der Waals surface area contributed by atoms with Crippen LogP contribution in [0.15, 0.2) is 50.5 Å². The van der Waals surface area contributed by atoms with Gasteiger partial charge in [0.1, 0.15) is 0 Å². The summed E-state index contributed by atoms with van der Waals surface area (Å²) in [4.78, 5) is 12.5. The molecular formula is C25H33N3O6S2. The van der Waals surface area contributed by atoms with E-state index < -0.39 is 25.8 Å². The number of hydrogen-bond acceptors (Lipinski definition) is 6. The number of oxazole rings is 1. The molecule has 0 saturated carbocycles. The molecule has 0 atom stereocenters. The van der Waals surface area contributed by atoms with Crippen molar-refractivity contribution in [1.82, 2.24) is 13.2 Å². The highest BCUT2D eigenvalue weighted by Crippen LogP contribution is 2.31. The summed E-state index contributed by atoms with van der Waals surface area (Å²) in [6.07, 6.45) is 0. The molecule has 9 nitrogen and oxygen atoms in total. The van der Waals surface area contributed by atoms with Gasteiger partial charge in [0.05, 0.1) is 16.2 Å². The third-order valence-electron chi connectivity index (χ3n) is 6.66. The van der Waals surface area contributed by atoms with Crippen molar-refractivity contribution in [3.05, 3.63) is 63.6 Å². The van der Waals surface area contributed by atoms with Crippen molar-refractivity contribution < 1.29 is 21.3 Å². The summed E-state index contributed by atoms with van der Waals surface area (Å²) in [5.41, 5.74) is 3.28. The molecule has 0 unspecified atom stereocenters. The first kappa shape index (κ1) is 26.6. The third-order valence-corrected chi connectivity index (χ3v) is 10.7. The van der Waals surface area contributed by atoms with E-state index in [4.69, 9.17) is 4.42 Å². The van der Waals surface area contributed by atoms with Crippen molar-refractivity contribution in [1.29, 1.82) is 0 Å². The molecule has 1 saturated heterocycles. The highest BCUT2D eigenvalue weighted by Gasteiger charge is 2.35. The smallest absolute Gasteiger partial charge is 0.408 e. The first-order chi connectivity index (χ1) is 16.7. The van der Waals surface area contributed by atoms with Gasteiger partial charge in [-0.05, 0) is 48.1 Å². The molecule has 196 valence electrons. The number of rotatable bonds is 6. The molecule has 2 heterocycles. The summed E-state index contributed by atoms with van der Waals surface area (Å²) in [7, 11) is -7.48. The van der Waals surface area contributed by atoms with Crippen molar-refractivity contribution in [3.8, 4) is 0 Å². The molecule has 0 radical (unpaired) electrons. The maximum absolute atomic E-state index is 13.5. The molecule has 11 heteroatoms. The third kappa shape index (κ3) is 5.02. The van der Waals surface area contributed by atoms with Crippen LogP contribution in [0.25, 0.3) is 11.1 Å². The average molecular weight is 536 g/mol. The number of nitrogens with zero attached hydrogens (tertiary/aromatic N) is 3. The van der Waals surface area contributed by atoms with Gasteiger partial charge in [0, 0.05) is 32.7 Å². The average Bonchev–Trinajstić information content (AvgIpc) is 3.11. The molecule has 1 aliphatic rings. The second-order valence-electron chi connectivity index (χ2n) is 10.3. The number of piperazine rings is 1. The van der Waals surface area contributed by atoms with E-state index in [0.29, 0.717) is 22.2 Å². The maximum Gasteiger partial charge on any atom is 0.419 e. The Bertz CT molecular complexity index is 1530. The molecule has 36 heavy (non-hydrogen) atoms. The minimum atomic E-state index is -3.78. The van der Waals surface area contributed by atoms with Crippen molar-refractivity contribution in [2.75, 3.05) is 31.9 Å². The van der Waals surface area contributed by atoms with Gasteiger partial charge < -0.3 is 4.42 Å². The standard InChI is InChI=1S/C25H33N3O6S2/c1-18-16-20(25(3,4)5)17-19(2)23(18)36(32,33)27-12-10-26(11-13-27)35(30,31)15-14-28-21-8-6-7-9-22(21)34-24(28)29/h6-9,16-17H,10-15H2,1-5H3. The largest absolute Gasteiger partial charge is 0.419 e. The van der Waals surface area contributed by atoms with E-state index in [9.17, 15) is 21.6 Å². The zero-order chi connectivity index (χ0) is 26.5. The molecule has 0 N–H and O–H groups in total.